The number of hydrogen-bond acceptors (Lipinski definition) is 5. The molecule has 0 unspecified atom stereocenters. The fourth-order valence-corrected chi connectivity index (χ4v) is 2.07. The summed E-state index contributed by atoms with van der Waals surface area (Å²) in [5.74, 6) is -2.24. The zero-order valence-electron chi connectivity index (χ0n) is 13.0. The molecule has 0 bridgehead atoms. The molecular weight excluding hydrogens is 339 g/mol. The fraction of sp³-hybridized carbons (Fsp3) is 0.176. The second-order valence-electron chi connectivity index (χ2n) is 4.59. The molecule has 0 amide bonds. The summed E-state index contributed by atoms with van der Waals surface area (Å²) in [6.45, 7) is 1.55. The van der Waals surface area contributed by atoms with Crippen molar-refractivity contribution in [1.82, 2.24) is 0 Å². The molecule has 0 aliphatic heterocycles. The van der Waals surface area contributed by atoms with Crippen molar-refractivity contribution in [2.75, 3.05) is 13.7 Å². The van der Waals surface area contributed by atoms with Crippen molar-refractivity contribution >= 4 is 23.4 Å². The van der Waals surface area contributed by atoms with Crippen molar-refractivity contribution < 1.29 is 28.2 Å². The van der Waals surface area contributed by atoms with Crippen LogP contribution in [-0.4, -0.2) is 25.5 Å². The largest absolute Gasteiger partial charge is 0.497 e. The van der Waals surface area contributed by atoms with Gasteiger partial charge in [-0.25, -0.2) is 9.18 Å². The number of halogens is 2. The maximum Gasteiger partial charge on any atom is 0.379 e. The Morgan fingerprint density at radius 2 is 1.88 bits per heavy atom. The molecule has 0 heterocycles. The first-order chi connectivity index (χ1) is 11.5. The molecule has 126 valence electrons. The van der Waals surface area contributed by atoms with Crippen molar-refractivity contribution in [3.8, 4) is 17.2 Å². The summed E-state index contributed by atoms with van der Waals surface area (Å²) in [4.78, 5) is 23.4. The van der Waals surface area contributed by atoms with Crippen molar-refractivity contribution in [3.63, 3.8) is 0 Å². The maximum atomic E-state index is 14.0. The van der Waals surface area contributed by atoms with E-state index in [1.54, 1.807) is 31.2 Å². The summed E-state index contributed by atoms with van der Waals surface area (Å²) in [6.07, 6.45) is 0. The molecule has 2 aromatic rings. The Labute approximate surface area is 142 Å². The zero-order valence-corrected chi connectivity index (χ0v) is 13.7. The predicted molar refractivity (Wildman–Crippen MR) is 85.4 cm³/mol. The minimum absolute atomic E-state index is 0.00689. The number of carbonyl (C=O) groups excluding carboxylic acids is 2. The Bertz CT molecular complexity index is 776. The van der Waals surface area contributed by atoms with Crippen LogP contribution in [0.15, 0.2) is 36.4 Å². The van der Waals surface area contributed by atoms with Crippen LogP contribution in [0.5, 0.6) is 17.2 Å². The number of Topliss-reactive ketones (excluding diaryl/α,β-unsaturated/α-hetero) is 1. The third-order valence-electron chi connectivity index (χ3n) is 3.00. The first-order valence-corrected chi connectivity index (χ1v) is 7.36. The third-order valence-corrected chi connectivity index (χ3v) is 3.29. The average Bonchev–Trinajstić information content (AvgIpc) is 2.57. The van der Waals surface area contributed by atoms with Crippen LogP contribution in [-0.2, 0) is 9.53 Å². The smallest absolute Gasteiger partial charge is 0.379 e. The summed E-state index contributed by atoms with van der Waals surface area (Å²) in [5, 5.41) is -0.0456. The van der Waals surface area contributed by atoms with Gasteiger partial charge in [-0.05, 0) is 31.2 Å². The van der Waals surface area contributed by atoms with Gasteiger partial charge in [-0.3, -0.25) is 4.79 Å². The van der Waals surface area contributed by atoms with Gasteiger partial charge in [0.05, 0.1) is 24.3 Å². The Hall–Kier alpha value is -2.60. The van der Waals surface area contributed by atoms with Gasteiger partial charge in [0.25, 0.3) is 5.78 Å². The molecule has 0 saturated carbocycles. The lowest BCUT2D eigenvalue weighted by Crippen LogP contribution is -2.18. The Morgan fingerprint density at radius 3 is 2.54 bits per heavy atom. The molecule has 0 saturated heterocycles. The summed E-state index contributed by atoms with van der Waals surface area (Å²) in [7, 11) is 1.50. The van der Waals surface area contributed by atoms with E-state index in [1.807, 2.05) is 0 Å². The van der Waals surface area contributed by atoms with Gasteiger partial charge >= 0.3 is 5.97 Å². The SMILES string of the molecule is CCOC(=O)C(=O)c1cc(Oc2cccc(OC)c2)c(Cl)cc1F. The van der Waals surface area contributed by atoms with Crippen molar-refractivity contribution in [2.45, 2.75) is 6.92 Å². The number of carbonyl (C=O) groups is 2. The van der Waals surface area contributed by atoms with Gasteiger partial charge < -0.3 is 14.2 Å². The highest BCUT2D eigenvalue weighted by atomic mass is 35.5. The van der Waals surface area contributed by atoms with Crippen LogP contribution >= 0.6 is 11.6 Å². The second-order valence-corrected chi connectivity index (χ2v) is 5.00. The molecule has 5 nitrogen and oxygen atoms in total. The monoisotopic (exact) mass is 352 g/mol. The third kappa shape index (κ3) is 4.02. The minimum Gasteiger partial charge on any atom is -0.497 e. The van der Waals surface area contributed by atoms with Crippen LogP contribution < -0.4 is 9.47 Å². The van der Waals surface area contributed by atoms with E-state index in [0.29, 0.717) is 11.5 Å². The van der Waals surface area contributed by atoms with Crippen LogP contribution in [0.3, 0.4) is 0 Å². The number of ketones is 1. The van der Waals surface area contributed by atoms with E-state index in [4.69, 9.17) is 21.1 Å². The lowest BCUT2D eigenvalue weighted by molar-refractivity contribution is -0.137. The molecule has 2 aromatic carbocycles. The van der Waals surface area contributed by atoms with Crippen LogP contribution in [0, 0.1) is 5.82 Å². The lowest BCUT2D eigenvalue weighted by Gasteiger charge is -2.11. The molecule has 0 atom stereocenters. The van der Waals surface area contributed by atoms with Gasteiger partial charge in [0, 0.05) is 6.07 Å². The topological polar surface area (TPSA) is 61.8 Å². The molecular formula is C17H14ClFO5. The Morgan fingerprint density at radius 1 is 1.17 bits per heavy atom. The highest BCUT2D eigenvalue weighted by molar-refractivity contribution is 6.41. The van der Waals surface area contributed by atoms with Crippen LogP contribution in [0.1, 0.15) is 17.3 Å². The molecule has 0 spiro atoms. The van der Waals surface area contributed by atoms with E-state index in [9.17, 15) is 14.0 Å². The molecule has 0 aliphatic carbocycles. The summed E-state index contributed by atoms with van der Waals surface area (Å²) < 4.78 is 29.2. The average molecular weight is 353 g/mol. The number of hydrogen-bond donors (Lipinski definition) is 0. The maximum absolute atomic E-state index is 14.0. The molecule has 0 fully saturated rings. The second kappa shape index (κ2) is 7.79. The molecule has 0 radical (unpaired) electrons. The van der Waals surface area contributed by atoms with E-state index in [2.05, 4.69) is 4.74 Å². The lowest BCUT2D eigenvalue weighted by atomic mass is 10.1. The van der Waals surface area contributed by atoms with Gasteiger partial charge in [-0.15, -0.1) is 0 Å². The number of ether oxygens (including phenoxy) is 3. The molecule has 7 heteroatoms. The standard InChI is InChI=1S/C17H14ClFO5/c1-3-23-17(21)16(20)12-8-15(13(18)9-14(12)19)24-11-6-4-5-10(7-11)22-2/h4-9H,3H2,1-2H3. The first kappa shape index (κ1) is 17.7. The Balaban J connectivity index is 2.35. The van der Waals surface area contributed by atoms with Crippen molar-refractivity contribution in [1.29, 1.82) is 0 Å². The number of methoxy groups -OCH3 is 1. The zero-order chi connectivity index (χ0) is 17.7. The molecule has 0 N–H and O–H groups in total. The highest BCUT2D eigenvalue weighted by Gasteiger charge is 2.23. The summed E-state index contributed by atoms with van der Waals surface area (Å²) >= 11 is 5.95. The first-order valence-electron chi connectivity index (χ1n) is 6.98. The van der Waals surface area contributed by atoms with Gasteiger partial charge in [-0.2, -0.15) is 0 Å². The van der Waals surface area contributed by atoms with E-state index >= 15 is 0 Å². The van der Waals surface area contributed by atoms with E-state index in [-0.39, 0.29) is 17.4 Å². The molecule has 0 aliphatic rings. The number of rotatable bonds is 6. The fourth-order valence-electron chi connectivity index (χ4n) is 1.88. The van der Waals surface area contributed by atoms with Crippen LogP contribution in [0.4, 0.5) is 4.39 Å². The van der Waals surface area contributed by atoms with Gasteiger partial charge in [0.2, 0.25) is 0 Å². The quantitative estimate of drug-likeness (QED) is 0.446. The van der Waals surface area contributed by atoms with Crippen LogP contribution in [0.2, 0.25) is 5.02 Å². The van der Waals surface area contributed by atoms with Gasteiger partial charge in [0.1, 0.15) is 23.1 Å². The number of benzene rings is 2. The highest BCUT2D eigenvalue weighted by Crippen LogP contribution is 2.33. The summed E-state index contributed by atoms with van der Waals surface area (Å²) in [6, 6.07) is 8.60. The predicted octanol–water partition coefficient (Wildman–Crippen LogP) is 4.03. The van der Waals surface area contributed by atoms with Gasteiger partial charge in [0.15, 0.2) is 0 Å². The van der Waals surface area contributed by atoms with Crippen molar-refractivity contribution in [3.05, 3.63) is 52.8 Å². The minimum atomic E-state index is -1.15. The molecule has 0 aromatic heterocycles. The van der Waals surface area contributed by atoms with Crippen LogP contribution in [0.25, 0.3) is 0 Å². The molecule has 2 rings (SSSR count). The normalized spacial score (nSPS) is 10.2. The Kier molecular flexibility index (Phi) is 5.76. The van der Waals surface area contributed by atoms with E-state index < -0.39 is 23.1 Å². The van der Waals surface area contributed by atoms with E-state index in [0.717, 1.165) is 12.1 Å². The molecule has 24 heavy (non-hydrogen) atoms. The summed E-state index contributed by atoms with van der Waals surface area (Å²) in [5.41, 5.74) is -0.476. The van der Waals surface area contributed by atoms with Gasteiger partial charge in [-0.1, -0.05) is 17.7 Å². The number of esters is 1. The van der Waals surface area contributed by atoms with Crippen molar-refractivity contribution in [2.24, 2.45) is 0 Å². The van der Waals surface area contributed by atoms with E-state index in [1.165, 1.54) is 7.11 Å².